The van der Waals surface area contributed by atoms with E-state index in [1.54, 1.807) is 49.1 Å². The van der Waals surface area contributed by atoms with Gasteiger partial charge in [0.1, 0.15) is 23.1 Å². The van der Waals surface area contributed by atoms with Crippen molar-refractivity contribution < 1.29 is 19.4 Å². The van der Waals surface area contributed by atoms with Crippen LogP contribution in [0, 0.1) is 18.3 Å². The van der Waals surface area contributed by atoms with Gasteiger partial charge in [0.15, 0.2) is 0 Å². The number of aromatic nitrogens is 3. The van der Waals surface area contributed by atoms with Gasteiger partial charge in [-0.15, -0.1) is 11.3 Å². The number of fused-ring (bicyclic) bond motifs is 2. The quantitative estimate of drug-likeness (QED) is 0.330. The van der Waals surface area contributed by atoms with Crippen LogP contribution in [0.2, 0.25) is 0 Å². The Labute approximate surface area is 229 Å². The maximum Gasteiger partial charge on any atom is 0.420 e. The molecule has 1 saturated heterocycles. The largest absolute Gasteiger partial charge is 0.465 e. The van der Waals surface area contributed by atoms with Gasteiger partial charge in [0, 0.05) is 24.7 Å². The third kappa shape index (κ3) is 5.05. The number of hydrogen-bond acceptors (Lipinski definition) is 8. The molecule has 11 nitrogen and oxygen atoms in total. The number of nitriles is 1. The zero-order valence-electron chi connectivity index (χ0n) is 22.1. The van der Waals surface area contributed by atoms with Crippen molar-refractivity contribution in [3.05, 3.63) is 47.1 Å². The van der Waals surface area contributed by atoms with Crippen molar-refractivity contribution >= 4 is 56.4 Å². The average Bonchev–Trinajstić information content (AvgIpc) is 3.55. The van der Waals surface area contributed by atoms with Crippen LogP contribution >= 0.6 is 11.3 Å². The molecule has 0 unspecified atom stereocenters. The summed E-state index contributed by atoms with van der Waals surface area (Å²) in [5.41, 5.74) is 4.37. The number of likely N-dealkylation sites (tertiary alicyclic amines) is 1. The second kappa shape index (κ2) is 10.1. The molecule has 4 aromatic rings. The summed E-state index contributed by atoms with van der Waals surface area (Å²) in [5.74, 6) is 0.417. The molecule has 5 rings (SSSR count). The van der Waals surface area contributed by atoms with Crippen molar-refractivity contribution in [2.24, 2.45) is 0 Å². The van der Waals surface area contributed by atoms with Crippen LogP contribution in [0.5, 0.6) is 0 Å². The van der Waals surface area contributed by atoms with Crippen LogP contribution in [-0.4, -0.2) is 61.5 Å². The van der Waals surface area contributed by atoms with Crippen LogP contribution < -0.4 is 10.2 Å². The minimum absolute atomic E-state index is 0.206. The Bertz CT molecular complexity index is 1610. The zero-order valence-corrected chi connectivity index (χ0v) is 22.9. The first-order valence-corrected chi connectivity index (χ1v) is 13.5. The Morgan fingerprint density at radius 3 is 2.82 bits per heavy atom. The van der Waals surface area contributed by atoms with Gasteiger partial charge in [-0.2, -0.15) is 10.4 Å². The SMILES string of the molecule is Cc1c(N[C@H]2CCCN(C(=O)O)C2)c(C#N)c2ccnn2c1N(C(=O)OC(C)(C)C)c1ccc2ncsc2c1. The summed E-state index contributed by atoms with van der Waals surface area (Å²) in [7, 11) is 0. The molecule has 0 bridgehead atoms. The third-order valence-electron chi connectivity index (χ3n) is 6.57. The third-order valence-corrected chi connectivity index (χ3v) is 7.36. The van der Waals surface area contributed by atoms with Gasteiger partial charge < -0.3 is 20.1 Å². The molecule has 2 N–H and O–H groups in total. The summed E-state index contributed by atoms with van der Waals surface area (Å²) in [4.78, 5) is 32.6. The highest BCUT2D eigenvalue weighted by atomic mass is 32.1. The number of carbonyl (C=O) groups excluding carboxylic acids is 1. The number of amides is 2. The molecule has 0 radical (unpaired) electrons. The van der Waals surface area contributed by atoms with Crippen molar-refractivity contribution in [1.82, 2.24) is 19.5 Å². The summed E-state index contributed by atoms with van der Waals surface area (Å²) in [6.07, 6.45) is 1.45. The molecule has 0 spiro atoms. The van der Waals surface area contributed by atoms with Gasteiger partial charge in [-0.1, -0.05) is 0 Å². The first kappa shape index (κ1) is 26.2. The van der Waals surface area contributed by atoms with E-state index in [0.29, 0.717) is 46.8 Å². The lowest BCUT2D eigenvalue weighted by Crippen LogP contribution is -2.44. The zero-order chi connectivity index (χ0) is 27.9. The molecule has 1 atom stereocenters. The molecule has 1 aromatic carbocycles. The molecule has 1 fully saturated rings. The van der Waals surface area contributed by atoms with E-state index in [1.807, 2.05) is 19.1 Å². The van der Waals surface area contributed by atoms with Crippen molar-refractivity contribution in [2.75, 3.05) is 23.3 Å². The normalized spacial score (nSPS) is 15.8. The van der Waals surface area contributed by atoms with E-state index >= 15 is 0 Å². The minimum atomic E-state index is -0.972. The van der Waals surface area contributed by atoms with Crippen LogP contribution in [0.1, 0.15) is 44.7 Å². The fourth-order valence-corrected chi connectivity index (χ4v) is 5.59. The number of benzene rings is 1. The second-order valence-electron chi connectivity index (χ2n) is 10.5. The number of rotatable bonds is 4. The average molecular weight is 548 g/mol. The Kier molecular flexibility index (Phi) is 6.78. The summed E-state index contributed by atoms with van der Waals surface area (Å²) in [6, 6.07) is 9.33. The lowest BCUT2D eigenvalue weighted by molar-refractivity contribution is 0.0597. The molecule has 0 aliphatic carbocycles. The summed E-state index contributed by atoms with van der Waals surface area (Å²) in [5, 5.41) is 27.6. The van der Waals surface area contributed by atoms with E-state index in [2.05, 4.69) is 21.5 Å². The highest BCUT2D eigenvalue weighted by Gasteiger charge is 2.32. The number of piperidine rings is 1. The van der Waals surface area contributed by atoms with Gasteiger partial charge in [0.05, 0.1) is 38.8 Å². The maximum atomic E-state index is 13.8. The lowest BCUT2D eigenvalue weighted by atomic mass is 10.0. The van der Waals surface area contributed by atoms with Crippen molar-refractivity contribution in [3.63, 3.8) is 0 Å². The number of thiazole rings is 1. The van der Waals surface area contributed by atoms with Crippen LogP contribution in [0.25, 0.3) is 15.7 Å². The molecule has 1 aliphatic heterocycles. The van der Waals surface area contributed by atoms with Crippen molar-refractivity contribution in [3.8, 4) is 6.07 Å². The van der Waals surface area contributed by atoms with Gasteiger partial charge in [0.2, 0.25) is 0 Å². The van der Waals surface area contributed by atoms with E-state index in [4.69, 9.17) is 4.74 Å². The topological polar surface area (TPSA) is 136 Å². The number of hydrogen-bond donors (Lipinski definition) is 2. The van der Waals surface area contributed by atoms with E-state index in [-0.39, 0.29) is 12.6 Å². The number of nitrogens with one attached hydrogen (secondary N) is 1. The molecule has 12 heteroatoms. The Hall–Kier alpha value is -4.37. The Morgan fingerprint density at radius 2 is 2.10 bits per heavy atom. The molecule has 3 aromatic heterocycles. The number of carboxylic acid groups (broad SMARTS) is 1. The summed E-state index contributed by atoms with van der Waals surface area (Å²) in [6.45, 7) is 7.98. The Balaban J connectivity index is 1.70. The van der Waals surface area contributed by atoms with Crippen molar-refractivity contribution in [2.45, 2.75) is 52.2 Å². The van der Waals surface area contributed by atoms with Gasteiger partial charge in [-0.3, -0.25) is 0 Å². The molecular formula is C27H29N7O4S. The summed E-state index contributed by atoms with van der Waals surface area (Å²) < 4.78 is 8.32. The first-order chi connectivity index (χ1) is 18.6. The molecule has 39 heavy (non-hydrogen) atoms. The maximum absolute atomic E-state index is 13.8. The standard InChI is InChI=1S/C27H29N7O4S/c1-16-23(31-17-6-5-11-32(14-17)25(35)36)19(13-28)21-9-10-30-34(21)24(16)33(26(37)38-27(2,3)4)18-7-8-20-22(12-18)39-15-29-20/h7-10,12,15,17,31H,5-6,11,14H2,1-4H3,(H,35,36)/t17-/m0/s1. The van der Waals surface area contributed by atoms with Gasteiger partial charge in [-0.05, 0) is 64.8 Å². The highest BCUT2D eigenvalue weighted by Crippen LogP contribution is 2.39. The fraction of sp³-hybridized carbons (Fsp3) is 0.370. The monoisotopic (exact) mass is 547 g/mol. The minimum Gasteiger partial charge on any atom is -0.465 e. The van der Waals surface area contributed by atoms with Gasteiger partial charge in [-0.25, -0.2) is 24.0 Å². The number of anilines is 3. The van der Waals surface area contributed by atoms with Crippen LogP contribution in [-0.2, 0) is 4.74 Å². The predicted molar refractivity (Wildman–Crippen MR) is 149 cm³/mol. The molecular weight excluding hydrogens is 518 g/mol. The van der Waals surface area contributed by atoms with E-state index in [9.17, 15) is 20.0 Å². The molecule has 4 heterocycles. The lowest BCUT2D eigenvalue weighted by Gasteiger charge is -2.33. The van der Waals surface area contributed by atoms with E-state index in [0.717, 1.165) is 16.6 Å². The van der Waals surface area contributed by atoms with E-state index < -0.39 is 17.8 Å². The number of carbonyl (C=O) groups is 2. The molecule has 1 aliphatic rings. The van der Waals surface area contributed by atoms with Crippen LogP contribution in [0.15, 0.2) is 36.0 Å². The van der Waals surface area contributed by atoms with Gasteiger partial charge >= 0.3 is 12.2 Å². The molecule has 202 valence electrons. The van der Waals surface area contributed by atoms with Crippen molar-refractivity contribution in [1.29, 1.82) is 5.26 Å². The van der Waals surface area contributed by atoms with E-state index in [1.165, 1.54) is 21.1 Å². The molecule has 2 amide bonds. The number of ether oxygens (including phenoxy) is 1. The van der Waals surface area contributed by atoms with Gasteiger partial charge in [0.25, 0.3) is 0 Å². The smallest absolute Gasteiger partial charge is 0.420 e. The first-order valence-electron chi connectivity index (χ1n) is 12.6. The fourth-order valence-electron chi connectivity index (χ4n) is 4.88. The molecule has 0 saturated carbocycles. The van der Waals surface area contributed by atoms with Crippen LogP contribution in [0.4, 0.5) is 26.8 Å². The Morgan fingerprint density at radius 1 is 1.31 bits per heavy atom. The number of nitrogens with zero attached hydrogens (tertiary/aromatic N) is 6. The number of pyridine rings is 1. The van der Waals surface area contributed by atoms with Crippen LogP contribution in [0.3, 0.4) is 0 Å². The highest BCUT2D eigenvalue weighted by molar-refractivity contribution is 7.16. The summed E-state index contributed by atoms with van der Waals surface area (Å²) >= 11 is 1.46. The second-order valence-corrected chi connectivity index (χ2v) is 11.4. The predicted octanol–water partition coefficient (Wildman–Crippen LogP) is 5.75.